The molecule has 1 saturated heterocycles. The van der Waals surface area contributed by atoms with Crippen LogP contribution < -0.4 is 16.0 Å². The predicted octanol–water partition coefficient (Wildman–Crippen LogP) is 2.01. The van der Waals surface area contributed by atoms with Gasteiger partial charge in [-0.2, -0.15) is 4.98 Å². The fourth-order valence-electron chi connectivity index (χ4n) is 4.00. The minimum Gasteiger partial charge on any atom is -0.378 e. The average molecular weight is 393 g/mol. The molecule has 8 nitrogen and oxygen atoms in total. The van der Waals surface area contributed by atoms with E-state index in [-0.39, 0.29) is 24.1 Å². The molecule has 0 bridgehead atoms. The molecule has 0 radical (unpaired) electrons. The number of hydrogen-bond donors (Lipinski definition) is 2. The second kappa shape index (κ2) is 8.18. The van der Waals surface area contributed by atoms with Crippen molar-refractivity contribution in [1.29, 1.82) is 0 Å². The van der Waals surface area contributed by atoms with Gasteiger partial charge in [-0.1, -0.05) is 30.3 Å². The molecule has 3 N–H and O–H groups in total. The van der Waals surface area contributed by atoms with Gasteiger partial charge in [-0.3, -0.25) is 0 Å². The van der Waals surface area contributed by atoms with E-state index in [1.54, 1.807) is 13.3 Å². The van der Waals surface area contributed by atoms with Crippen LogP contribution in [-0.2, 0) is 11.8 Å². The zero-order valence-corrected chi connectivity index (χ0v) is 17.0. The summed E-state index contributed by atoms with van der Waals surface area (Å²) in [6.07, 6.45) is 3.66. The highest BCUT2D eigenvalue weighted by Gasteiger charge is 2.35. The van der Waals surface area contributed by atoms with Crippen LogP contribution in [0.4, 0.5) is 11.8 Å². The topological polar surface area (TPSA) is 94.1 Å². The number of hydrogen-bond acceptors (Lipinski definition) is 7. The first-order chi connectivity index (χ1) is 14.1. The van der Waals surface area contributed by atoms with Crippen LogP contribution in [0, 0.1) is 0 Å². The molecule has 1 fully saturated rings. The summed E-state index contributed by atoms with van der Waals surface area (Å²) in [5.41, 5.74) is 8.00. The molecule has 0 amide bonds. The molecule has 1 aromatic carbocycles. The largest absolute Gasteiger partial charge is 0.378 e. The monoisotopic (exact) mass is 393 g/mol. The van der Waals surface area contributed by atoms with Gasteiger partial charge in [0.15, 0.2) is 0 Å². The highest BCUT2D eigenvalue weighted by Crippen LogP contribution is 2.25. The van der Waals surface area contributed by atoms with Crippen LogP contribution in [0.15, 0.2) is 48.8 Å². The van der Waals surface area contributed by atoms with E-state index in [2.05, 4.69) is 55.8 Å². The molecule has 0 spiro atoms. The summed E-state index contributed by atoms with van der Waals surface area (Å²) < 4.78 is 7.89. The molecule has 3 aromatic rings. The van der Waals surface area contributed by atoms with Crippen molar-refractivity contribution in [2.24, 2.45) is 7.05 Å². The lowest BCUT2D eigenvalue weighted by molar-refractivity contribution is 0.0934. The van der Waals surface area contributed by atoms with Crippen LogP contribution in [0.3, 0.4) is 0 Å². The molecule has 3 heterocycles. The van der Waals surface area contributed by atoms with Gasteiger partial charge in [0.2, 0.25) is 5.95 Å². The van der Waals surface area contributed by atoms with Crippen molar-refractivity contribution in [1.82, 2.24) is 24.8 Å². The minimum absolute atomic E-state index is 0.0440. The molecule has 3 atom stereocenters. The average Bonchev–Trinajstić information content (AvgIpc) is 3.32. The number of nitrogens with two attached hydrogens (primary N) is 1. The van der Waals surface area contributed by atoms with Gasteiger partial charge >= 0.3 is 0 Å². The zero-order valence-electron chi connectivity index (χ0n) is 17.0. The SMILES string of the molecule is CO[C@@H]1CN(c2ccnc(N)n2)C[C@@H]1NC(C)c1ncc(-c2ccccc2)n1C. The molecular formula is C21H27N7O. The Hall–Kier alpha value is -2.97. The fourth-order valence-corrected chi connectivity index (χ4v) is 4.00. The number of nitrogens with zero attached hydrogens (tertiary/aromatic N) is 5. The second-order valence-electron chi connectivity index (χ2n) is 7.37. The van der Waals surface area contributed by atoms with E-state index in [1.165, 1.54) is 0 Å². The number of methoxy groups -OCH3 is 1. The van der Waals surface area contributed by atoms with Crippen molar-refractivity contribution in [2.75, 3.05) is 30.8 Å². The zero-order chi connectivity index (χ0) is 20.4. The lowest BCUT2D eigenvalue weighted by Gasteiger charge is -2.23. The van der Waals surface area contributed by atoms with Gasteiger partial charge in [0.25, 0.3) is 0 Å². The number of aromatic nitrogens is 4. The molecule has 0 saturated carbocycles. The summed E-state index contributed by atoms with van der Waals surface area (Å²) in [4.78, 5) is 15.2. The Kier molecular flexibility index (Phi) is 5.46. The van der Waals surface area contributed by atoms with Crippen LogP contribution in [0.2, 0.25) is 0 Å². The molecule has 152 valence electrons. The van der Waals surface area contributed by atoms with E-state index in [4.69, 9.17) is 10.5 Å². The second-order valence-corrected chi connectivity index (χ2v) is 7.37. The van der Waals surface area contributed by atoms with Crippen molar-refractivity contribution >= 4 is 11.8 Å². The Morgan fingerprint density at radius 2 is 1.97 bits per heavy atom. The number of rotatable bonds is 6. The lowest BCUT2D eigenvalue weighted by Crippen LogP contribution is -2.42. The maximum atomic E-state index is 5.74. The first-order valence-electron chi connectivity index (χ1n) is 9.76. The van der Waals surface area contributed by atoms with Gasteiger partial charge in [-0.15, -0.1) is 0 Å². The van der Waals surface area contributed by atoms with E-state index in [0.717, 1.165) is 36.0 Å². The Bertz CT molecular complexity index is 959. The highest BCUT2D eigenvalue weighted by molar-refractivity contribution is 5.59. The van der Waals surface area contributed by atoms with Crippen molar-refractivity contribution in [3.8, 4) is 11.3 Å². The third-order valence-corrected chi connectivity index (χ3v) is 5.50. The summed E-state index contributed by atoms with van der Waals surface area (Å²) in [5.74, 6) is 2.09. The summed E-state index contributed by atoms with van der Waals surface area (Å²) in [5, 5.41) is 3.69. The summed E-state index contributed by atoms with van der Waals surface area (Å²) in [6.45, 7) is 3.65. The number of nitrogen functional groups attached to an aromatic ring is 1. The predicted molar refractivity (Wildman–Crippen MR) is 113 cm³/mol. The normalized spacial score (nSPS) is 20.2. The van der Waals surface area contributed by atoms with Gasteiger partial charge in [0, 0.05) is 33.4 Å². The first kappa shape index (κ1) is 19.4. The molecule has 0 aliphatic carbocycles. The number of anilines is 2. The minimum atomic E-state index is 0.0440. The van der Waals surface area contributed by atoms with Crippen LogP contribution in [0.1, 0.15) is 18.8 Å². The number of imidazole rings is 1. The van der Waals surface area contributed by atoms with Crippen molar-refractivity contribution in [3.05, 3.63) is 54.6 Å². The van der Waals surface area contributed by atoms with E-state index in [9.17, 15) is 0 Å². The smallest absolute Gasteiger partial charge is 0.221 e. The molecule has 1 aliphatic rings. The van der Waals surface area contributed by atoms with Gasteiger partial charge in [-0.25, -0.2) is 9.97 Å². The van der Waals surface area contributed by atoms with Gasteiger partial charge in [-0.05, 0) is 18.6 Å². The van der Waals surface area contributed by atoms with E-state index in [0.29, 0.717) is 0 Å². The number of benzene rings is 1. The van der Waals surface area contributed by atoms with E-state index in [1.807, 2.05) is 30.5 Å². The number of ether oxygens (including phenoxy) is 1. The van der Waals surface area contributed by atoms with Crippen LogP contribution in [0.25, 0.3) is 11.3 Å². The van der Waals surface area contributed by atoms with Gasteiger partial charge in [0.1, 0.15) is 11.6 Å². The van der Waals surface area contributed by atoms with Crippen molar-refractivity contribution in [2.45, 2.75) is 25.1 Å². The molecule has 8 heteroatoms. The van der Waals surface area contributed by atoms with Crippen LogP contribution in [0.5, 0.6) is 0 Å². The lowest BCUT2D eigenvalue weighted by atomic mass is 10.1. The van der Waals surface area contributed by atoms with E-state index < -0.39 is 0 Å². The fraction of sp³-hybridized carbons (Fsp3) is 0.381. The number of nitrogens with one attached hydrogen (secondary N) is 1. The van der Waals surface area contributed by atoms with Crippen LogP contribution in [-0.4, -0.2) is 51.9 Å². The van der Waals surface area contributed by atoms with Gasteiger partial charge < -0.3 is 25.3 Å². The van der Waals surface area contributed by atoms with Crippen molar-refractivity contribution < 1.29 is 4.74 Å². The third-order valence-electron chi connectivity index (χ3n) is 5.50. The first-order valence-corrected chi connectivity index (χ1v) is 9.76. The maximum Gasteiger partial charge on any atom is 0.221 e. The molecule has 1 unspecified atom stereocenters. The standard InChI is InChI=1S/C21H27N7O/c1-14(20-24-11-17(27(20)2)15-7-5-4-6-8-15)25-16-12-28(13-18(16)29-3)19-9-10-23-21(22)26-19/h4-11,14,16,18,25H,12-13H2,1-3H3,(H2,22,23,26)/t14?,16-,18+/m0/s1. The van der Waals surface area contributed by atoms with E-state index >= 15 is 0 Å². The summed E-state index contributed by atoms with van der Waals surface area (Å²) in [7, 11) is 3.80. The Morgan fingerprint density at radius 1 is 1.17 bits per heavy atom. The Balaban J connectivity index is 1.49. The van der Waals surface area contributed by atoms with Gasteiger partial charge in [0.05, 0.1) is 30.1 Å². The molecule has 4 rings (SSSR count). The summed E-state index contributed by atoms with van der Waals surface area (Å²) >= 11 is 0. The molecule has 2 aromatic heterocycles. The quantitative estimate of drug-likeness (QED) is 0.662. The van der Waals surface area contributed by atoms with Crippen molar-refractivity contribution in [3.63, 3.8) is 0 Å². The molecule has 29 heavy (non-hydrogen) atoms. The summed E-state index contributed by atoms with van der Waals surface area (Å²) in [6, 6.07) is 12.4. The Labute approximate surface area is 170 Å². The van der Waals surface area contributed by atoms with Crippen LogP contribution >= 0.6 is 0 Å². The molecular weight excluding hydrogens is 366 g/mol. The Morgan fingerprint density at radius 3 is 2.69 bits per heavy atom. The highest BCUT2D eigenvalue weighted by atomic mass is 16.5. The third kappa shape index (κ3) is 3.94. The molecule has 1 aliphatic heterocycles. The maximum absolute atomic E-state index is 5.74.